The zero-order valence-corrected chi connectivity index (χ0v) is 16.3. The predicted molar refractivity (Wildman–Crippen MR) is 108 cm³/mol. The number of furan rings is 1. The highest BCUT2D eigenvalue weighted by molar-refractivity contribution is 6.10. The van der Waals surface area contributed by atoms with Gasteiger partial charge >= 0.3 is 6.03 Å². The number of imide groups is 1. The monoisotopic (exact) mass is 410 g/mol. The third-order valence-corrected chi connectivity index (χ3v) is 5.43. The number of hydrogen-bond acceptors (Lipinski definition) is 5. The Labute approximate surface area is 172 Å². The van der Waals surface area contributed by atoms with E-state index in [9.17, 15) is 19.2 Å². The van der Waals surface area contributed by atoms with Gasteiger partial charge in [0, 0.05) is 11.4 Å². The topological polar surface area (TPSA) is 121 Å². The number of anilines is 2. The second-order valence-electron chi connectivity index (χ2n) is 7.52. The second-order valence-corrected chi connectivity index (χ2v) is 7.52. The van der Waals surface area contributed by atoms with Gasteiger partial charge < -0.3 is 20.4 Å². The number of carbonyl (C=O) groups excluding carboxylic acids is 4. The van der Waals surface area contributed by atoms with Crippen LogP contribution in [0, 0.1) is 0 Å². The molecule has 30 heavy (non-hydrogen) atoms. The van der Waals surface area contributed by atoms with E-state index in [1.165, 1.54) is 6.26 Å². The number of urea groups is 1. The van der Waals surface area contributed by atoms with Crippen molar-refractivity contribution < 1.29 is 23.6 Å². The van der Waals surface area contributed by atoms with Crippen molar-refractivity contribution in [2.75, 3.05) is 17.2 Å². The Bertz CT molecular complexity index is 962. The lowest BCUT2D eigenvalue weighted by molar-refractivity contribution is -0.134. The van der Waals surface area contributed by atoms with Crippen molar-refractivity contribution in [3.8, 4) is 0 Å². The van der Waals surface area contributed by atoms with Crippen molar-refractivity contribution in [2.24, 2.45) is 0 Å². The molecule has 1 aromatic heterocycles. The van der Waals surface area contributed by atoms with E-state index in [2.05, 4.69) is 16.0 Å². The van der Waals surface area contributed by atoms with Crippen molar-refractivity contribution in [3.63, 3.8) is 0 Å². The molecule has 1 aliphatic carbocycles. The number of nitrogens with zero attached hydrogens (tertiary/aromatic N) is 1. The molecule has 1 aromatic carbocycles. The first-order chi connectivity index (χ1) is 14.5. The molecule has 0 bridgehead atoms. The van der Waals surface area contributed by atoms with Crippen LogP contribution in [-0.4, -0.2) is 40.7 Å². The van der Waals surface area contributed by atoms with Gasteiger partial charge in [-0.05, 0) is 49.2 Å². The SMILES string of the molecule is O=C(CN1C(=O)NC2(CCCCC2)C1=O)Nc1ccc(NC(=O)c2ccco2)cc1. The Hall–Kier alpha value is -3.62. The highest BCUT2D eigenvalue weighted by atomic mass is 16.3. The summed E-state index contributed by atoms with van der Waals surface area (Å²) in [5.41, 5.74) is 0.168. The summed E-state index contributed by atoms with van der Waals surface area (Å²) >= 11 is 0. The largest absolute Gasteiger partial charge is 0.459 e. The fourth-order valence-electron chi connectivity index (χ4n) is 3.90. The first-order valence-corrected chi connectivity index (χ1v) is 9.86. The lowest BCUT2D eigenvalue weighted by atomic mass is 9.82. The standard InChI is InChI=1S/C21H22N4O5/c26-17(13-25-19(28)21(24-20(25)29)10-2-1-3-11-21)22-14-6-8-15(9-7-14)23-18(27)16-5-4-12-30-16/h4-9,12H,1-3,10-11,13H2,(H,22,26)(H,23,27)(H,24,29). The molecule has 2 aliphatic rings. The Morgan fingerprint density at radius 2 is 1.67 bits per heavy atom. The second kappa shape index (κ2) is 8.02. The number of rotatable bonds is 5. The summed E-state index contributed by atoms with van der Waals surface area (Å²) in [6.07, 6.45) is 5.45. The van der Waals surface area contributed by atoms with Gasteiger partial charge in [0.05, 0.1) is 6.26 Å². The lowest BCUT2D eigenvalue weighted by Crippen LogP contribution is -2.48. The Kier molecular flexibility index (Phi) is 5.26. The molecule has 0 unspecified atom stereocenters. The minimum Gasteiger partial charge on any atom is -0.459 e. The molecule has 9 heteroatoms. The van der Waals surface area contributed by atoms with E-state index >= 15 is 0 Å². The first kappa shape index (κ1) is 19.7. The third kappa shape index (κ3) is 3.91. The third-order valence-electron chi connectivity index (χ3n) is 5.43. The van der Waals surface area contributed by atoms with Crippen LogP contribution in [0.25, 0.3) is 0 Å². The van der Waals surface area contributed by atoms with Crippen LogP contribution in [0.2, 0.25) is 0 Å². The summed E-state index contributed by atoms with van der Waals surface area (Å²) in [5, 5.41) is 8.13. The molecular formula is C21H22N4O5. The summed E-state index contributed by atoms with van der Waals surface area (Å²) in [4.78, 5) is 50.3. The smallest absolute Gasteiger partial charge is 0.325 e. The van der Waals surface area contributed by atoms with Gasteiger partial charge in [0.25, 0.3) is 11.8 Å². The molecule has 1 saturated carbocycles. The zero-order valence-electron chi connectivity index (χ0n) is 16.3. The Balaban J connectivity index is 1.33. The van der Waals surface area contributed by atoms with Crippen LogP contribution in [0.15, 0.2) is 47.1 Å². The Morgan fingerprint density at radius 1 is 1.00 bits per heavy atom. The maximum absolute atomic E-state index is 12.7. The van der Waals surface area contributed by atoms with Gasteiger partial charge in [0.1, 0.15) is 12.1 Å². The summed E-state index contributed by atoms with van der Waals surface area (Å²) < 4.78 is 5.03. The molecule has 2 fully saturated rings. The summed E-state index contributed by atoms with van der Waals surface area (Å²) in [5.74, 6) is -0.985. The maximum Gasteiger partial charge on any atom is 0.325 e. The molecule has 1 saturated heterocycles. The van der Waals surface area contributed by atoms with E-state index < -0.39 is 17.5 Å². The van der Waals surface area contributed by atoms with Crippen LogP contribution in [0.4, 0.5) is 16.2 Å². The van der Waals surface area contributed by atoms with E-state index in [0.717, 1.165) is 24.2 Å². The van der Waals surface area contributed by atoms with Crippen LogP contribution in [0.5, 0.6) is 0 Å². The number of nitrogens with one attached hydrogen (secondary N) is 3. The fourth-order valence-corrected chi connectivity index (χ4v) is 3.90. The van der Waals surface area contributed by atoms with Crippen LogP contribution in [0.1, 0.15) is 42.7 Å². The zero-order chi connectivity index (χ0) is 21.1. The van der Waals surface area contributed by atoms with Gasteiger partial charge in [-0.15, -0.1) is 0 Å². The average Bonchev–Trinajstić information content (AvgIpc) is 3.34. The number of amides is 5. The molecule has 4 rings (SSSR count). The highest BCUT2D eigenvalue weighted by Gasteiger charge is 2.51. The van der Waals surface area contributed by atoms with Crippen molar-refractivity contribution >= 4 is 35.1 Å². The highest BCUT2D eigenvalue weighted by Crippen LogP contribution is 2.33. The van der Waals surface area contributed by atoms with Crippen LogP contribution in [0.3, 0.4) is 0 Å². The lowest BCUT2D eigenvalue weighted by Gasteiger charge is -2.30. The molecule has 156 valence electrons. The molecule has 0 radical (unpaired) electrons. The molecule has 5 amide bonds. The van der Waals surface area contributed by atoms with Gasteiger partial charge in [-0.3, -0.25) is 19.3 Å². The molecule has 1 aliphatic heterocycles. The van der Waals surface area contributed by atoms with Gasteiger partial charge in [-0.1, -0.05) is 19.3 Å². The van der Waals surface area contributed by atoms with E-state index in [1.807, 2.05) is 0 Å². The normalized spacial score (nSPS) is 17.7. The van der Waals surface area contributed by atoms with Gasteiger partial charge in [-0.2, -0.15) is 0 Å². The molecule has 1 spiro atoms. The molecule has 0 atom stereocenters. The number of carbonyl (C=O) groups is 4. The number of benzene rings is 1. The van der Waals surface area contributed by atoms with E-state index in [0.29, 0.717) is 24.2 Å². The molecular weight excluding hydrogens is 388 g/mol. The average molecular weight is 410 g/mol. The quantitative estimate of drug-likeness (QED) is 0.655. The molecule has 2 heterocycles. The van der Waals surface area contributed by atoms with Crippen LogP contribution < -0.4 is 16.0 Å². The molecule has 2 aromatic rings. The van der Waals surface area contributed by atoms with E-state index in [1.54, 1.807) is 36.4 Å². The summed E-state index contributed by atoms with van der Waals surface area (Å²) in [7, 11) is 0. The van der Waals surface area contributed by atoms with Crippen LogP contribution in [-0.2, 0) is 9.59 Å². The minimum absolute atomic E-state index is 0.191. The summed E-state index contributed by atoms with van der Waals surface area (Å²) in [6, 6.07) is 9.14. The van der Waals surface area contributed by atoms with Crippen molar-refractivity contribution in [2.45, 2.75) is 37.6 Å². The minimum atomic E-state index is -0.844. The maximum atomic E-state index is 12.7. The van der Waals surface area contributed by atoms with Crippen molar-refractivity contribution in [3.05, 3.63) is 48.4 Å². The Morgan fingerprint density at radius 3 is 2.30 bits per heavy atom. The van der Waals surface area contributed by atoms with Gasteiger partial charge in [-0.25, -0.2) is 4.79 Å². The van der Waals surface area contributed by atoms with Gasteiger partial charge in [0.2, 0.25) is 5.91 Å². The number of hydrogen-bond donors (Lipinski definition) is 3. The van der Waals surface area contributed by atoms with E-state index in [4.69, 9.17) is 4.42 Å². The van der Waals surface area contributed by atoms with Crippen molar-refractivity contribution in [1.29, 1.82) is 0 Å². The van der Waals surface area contributed by atoms with Gasteiger partial charge in [0.15, 0.2) is 5.76 Å². The fraction of sp³-hybridized carbons (Fsp3) is 0.333. The first-order valence-electron chi connectivity index (χ1n) is 9.86. The van der Waals surface area contributed by atoms with E-state index in [-0.39, 0.29) is 24.1 Å². The van der Waals surface area contributed by atoms with Crippen LogP contribution >= 0.6 is 0 Å². The predicted octanol–water partition coefficient (Wildman–Crippen LogP) is 2.73. The van der Waals surface area contributed by atoms with Crippen molar-refractivity contribution in [1.82, 2.24) is 10.2 Å². The molecule has 9 nitrogen and oxygen atoms in total. The summed E-state index contributed by atoms with van der Waals surface area (Å²) in [6.45, 7) is -0.344. The molecule has 3 N–H and O–H groups in total.